The standard InChI is InChI=1S/C18H13N/c1-2-5-14(6-3-1)16-9-8-15-10-11-17-7-4-12-19(17)18(15)13-16/h1-13H. The summed E-state index contributed by atoms with van der Waals surface area (Å²) in [7, 11) is 0. The van der Waals surface area contributed by atoms with Gasteiger partial charge in [0.1, 0.15) is 0 Å². The van der Waals surface area contributed by atoms with Crippen LogP contribution in [0.1, 0.15) is 0 Å². The van der Waals surface area contributed by atoms with E-state index in [0.717, 1.165) is 0 Å². The minimum absolute atomic E-state index is 1.23. The Labute approximate surface area is 111 Å². The summed E-state index contributed by atoms with van der Waals surface area (Å²) < 4.78 is 2.24. The fourth-order valence-corrected chi connectivity index (χ4v) is 2.63. The first kappa shape index (κ1) is 10.4. The zero-order valence-electron chi connectivity index (χ0n) is 10.5. The maximum absolute atomic E-state index is 2.26. The van der Waals surface area contributed by atoms with Crippen LogP contribution in [0, 0.1) is 0 Å². The molecule has 0 saturated heterocycles. The van der Waals surface area contributed by atoms with Gasteiger partial charge in [-0.1, -0.05) is 48.5 Å². The molecule has 19 heavy (non-hydrogen) atoms. The molecule has 2 heterocycles. The van der Waals surface area contributed by atoms with Crippen molar-refractivity contribution in [3.05, 3.63) is 79.0 Å². The van der Waals surface area contributed by atoms with E-state index in [1.54, 1.807) is 0 Å². The van der Waals surface area contributed by atoms with E-state index < -0.39 is 0 Å². The van der Waals surface area contributed by atoms with Gasteiger partial charge in [0.15, 0.2) is 0 Å². The molecule has 0 fully saturated rings. The van der Waals surface area contributed by atoms with Crippen molar-refractivity contribution in [1.82, 2.24) is 4.40 Å². The van der Waals surface area contributed by atoms with Crippen molar-refractivity contribution in [3.63, 3.8) is 0 Å². The summed E-state index contributed by atoms with van der Waals surface area (Å²) in [5.41, 5.74) is 5.00. The van der Waals surface area contributed by atoms with E-state index in [1.165, 1.54) is 27.5 Å². The van der Waals surface area contributed by atoms with Crippen LogP contribution in [0.2, 0.25) is 0 Å². The normalized spacial score (nSPS) is 11.2. The van der Waals surface area contributed by atoms with Gasteiger partial charge in [-0.15, -0.1) is 0 Å². The van der Waals surface area contributed by atoms with Gasteiger partial charge in [-0.25, -0.2) is 0 Å². The van der Waals surface area contributed by atoms with E-state index in [-0.39, 0.29) is 0 Å². The van der Waals surface area contributed by atoms with Crippen LogP contribution in [0.4, 0.5) is 0 Å². The number of rotatable bonds is 1. The van der Waals surface area contributed by atoms with E-state index in [0.29, 0.717) is 0 Å². The van der Waals surface area contributed by atoms with Crippen molar-refractivity contribution in [2.75, 3.05) is 0 Å². The molecule has 1 heteroatoms. The monoisotopic (exact) mass is 243 g/mol. The van der Waals surface area contributed by atoms with Crippen LogP contribution in [-0.2, 0) is 0 Å². The number of benzene rings is 2. The lowest BCUT2D eigenvalue weighted by molar-refractivity contribution is 1.27. The van der Waals surface area contributed by atoms with Crippen molar-refractivity contribution >= 4 is 16.4 Å². The molecule has 4 aromatic rings. The number of pyridine rings is 1. The van der Waals surface area contributed by atoms with Gasteiger partial charge in [0.05, 0.1) is 5.52 Å². The molecule has 1 nitrogen and oxygen atoms in total. The van der Waals surface area contributed by atoms with Gasteiger partial charge >= 0.3 is 0 Å². The maximum Gasteiger partial charge on any atom is 0.0534 e. The molecule has 0 aliphatic rings. The first-order chi connectivity index (χ1) is 9.42. The average Bonchev–Trinajstić information content (AvgIpc) is 2.96. The van der Waals surface area contributed by atoms with Gasteiger partial charge in [-0.2, -0.15) is 0 Å². The lowest BCUT2D eigenvalue weighted by Gasteiger charge is -2.06. The van der Waals surface area contributed by atoms with E-state index in [2.05, 4.69) is 83.4 Å². The molecule has 0 amide bonds. The van der Waals surface area contributed by atoms with Gasteiger partial charge in [0, 0.05) is 11.7 Å². The third-order valence-electron chi connectivity index (χ3n) is 3.61. The molecule has 0 atom stereocenters. The minimum atomic E-state index is 1.23. The molecule has 0 radical (unpaired) electrons. The average molecular weight is 243 g/mol. The number of aromatic nitrogens is 1. The largest absolute Gasteiger partial charge is 0.317 e. The summed E-state index contributed by atoms with van der Waals surface area (Å²) in [6.45, 7) is 0. The smallest absolute Gasteiger partial charge is 0.0534 e. The molecule has 0 unspecified atom stereocenters. The van der Waals surface area contributed by atoms with Crippen LogP contribution in [0.15, 0.2) is 79.0 Å². The summed E-state index contributed by atoms with van der Waals surface area (Å²) in [4.78, 5) is 0. The zero-order chi connectivity index (χ0) is 12.7. The Hall–Kier alpha value is -2.54. The van der Waals surface area contributed by atoms with Crippen LogP contribution in [0.25, 0.3) is 27.5 Å². The summed E-state index contributed by atoms with van der Waals surface area (Å²) in [6.07, 6.45) is 2.12. The van der Waals surface area contributed by atoms with Crippen molar-refractivity contribution < 1.29 is 0 Å². The van der Waals surface area contributed by atoms with Gasteiger partial charge in [0.25, 0.3) is 0 Å². The third-order valence-corrected chi connectivity index (χ3v) is 3.61. The molecular formula is C18H13N. The topological polar surface area (TPSA) is 4.41 Å². The highest BCUT2D eigenvalue weighted by molar-refractivity contribution is 5.87. The van der Waals surface area contributed by atoms with Gasteiger partial charge in [-0.3, -0.25) is 0 Å². The number of hydrogen-bond acceptors (Lipinski definition) is 0. The van der Waals surface area contributed by atoms with E-state index in [4.69, 9.17) is 0 Å². The summed E-state index contributed by atoms with van der Waals surface area (Å²) in [5, 5.41) is 1.27. The van der Waals surface area contributed by atoms with Gasteiger partial charge in [-0.05, 0) is 40.8 Å². The van der Waals surface area contributed by atoms with Crippen LogP contribution < -0.4 is 0 Å². The Morgan fingerprint density at radius 2 is 1.47 bits per heavy atom. The highest BCUT2D eigenvalue weighted by Gasteiger charge is 2.02. The third kappa shape index (κ3) is 1.63. The highest BCUT2D eigenvalue weighted by Crippen LogP contribution is 2.25. The van der Waals surface area contributed by atoms with Crippen LogP contribution in [0.5, 0.6) is 0 Å². The molecule has 90 valence electrons. The first-order valence-electron chi connectivity index (χ1n) is 6.47. The van der Waals surface area contributed by atoms with E-state index in [9.17, 15) is 0 Å². The number of nitrogens with zero attached hydrogens (tertiary/aromatic N) is 1. The minimum Gasteiger partial charge on any atom is -0.317 e. The fourth-order valence-electron chi connectivity index (χ4n) is 2.63. The molecular weight excluding hydrogens is 230 g/mol. The number of fused-ring (bicyclic) bond motifs is 3. The predicted molar refractivity (Wildman–Crippen MR) is 80.3 cm³/mol. The van der Waals surface area contributed by atoms with Crippen molar-refractivity contribution in [1.29, 1.82) is 0 Å². The SMILES string of the molecule is c1ccc(-c2ccc3ccc4cccn4c3c2)cc1. The lowest BCUT2D eigenvalue weighted by Crippen LogP contribution is -1.87. The molecule has 0 bridgehead atoms. The molecule has 4 rings (SSSR count). The van der Waals surface area contributed by atoms with Crippen LogP contribution >= 0.6 is 0 Å². The lowest BCUT2D eigenvalue weighted by atomic mass is 10.0. The van der Waals surface area contributed by atoms with Gasteiger partial charge in [0.2, 0.25) is 0 Å². The van der Waals surface area contributed by atoms with Crippen molar-refractivity contribution in [2.45, 2.75) is 0 Å². The Morgan fingerprint density at radius 3 is 2.37 bits per heavy atom. The Balaban J connectivity index is 2.04. The Bertz CT molecular complexity index is 857. The fraction of sp³-hybridized carbons (Fsp3) is 0. The Morgan fingerprint density at radius 1 is 0.632 bits per heavy atom. The first-order valence-corrected chi connectivity index (χ1v) is 6.47. The molecule has 2 aromatic carbocycles. The highest BCUT2D eigenvalue weighted by atomic mass is 14.9. The summed E-state index contributed by atoms with van der Waals surface area (Å²) >= 11 is 0. The van der Waals surface area contributed by atoms with Crippen molar-refractivity contribution in [3.8, 4) is 11.1 Å². The molecule has 0 saturated carbocycles. The van der Waals surface area contributed by atoms with E-state index in [1.807, 2.05) is 0 Å². The van der Waals surface area contributed by atoms with Crippen LogP contribution in [0.3, 0.4) is 0 Å². The van der Waals surface area contributed by atoms with Gasteiger partial charge < -0.3 is 4.40 Å². The predicted octanol–water partition coefficient (Wildman–Crippen LogP) is 4.76. The quantitative estimate of drug-likeness (QED) is 0.454. The molecule has 0 N–H and O–H groups in total. The van der Waals surface area contributed by atoms with E-state index >= 15 is 0 Å². The molecule has 0 aliphatic carbocycles. The molecule has 2 aromatic heterocycles. The summed E-state index contributed by atoms with van der Waals surface area (Å²) in [6, 6.07) is 25.7. The Kier molecular flexibility index (Phi) is 2.18. The van der Waals surface area contributed by atoms with Crippen LogP contribution in [-0.4, -0.2) is 4.40 Å². The second-order valence-corrected chi connectivity index (χ2v) is 4.78. The number of hydrogen-bond donors (Lipinski definition) is 0. The second kappa shape index (κ2) is 3.99. The second-order valence-electron chi connectivity index (χ2n) is 4.78. The maximum atomic E-state index is 2.26. The zero-order valence-corrected chi connectivity index (χ0v) is 10.5. The van der Waals surface area contributed by atoms with Crippen molar-refractivity contribution in [2.24, 2.45) is 0 Å². The molecule has 0 aliphatic heterocycles. The molecule has 0 spiro atoms. The summed E-state index contributed by atoms with van der Waals surface area (Å²) in [5.74, 6) is 0.